The van der Waals surface area contributed by atoms with Gasteiger partial charge >= 0.3 is 0 Å². The Balaban J connectivity index is 2.19. The van der Waals surface area contributed by atoms with Crippen LogP contribution in [0, 0.1) is 0 Å². The number of amides is 2. The van der Waals surface area contributed by atoms with Crippen molar-refractivity contribution >= 4 is 11.8 Å². The minimum Gasteiger partial charge on any atom is -0.366 e. The van der Waals surface area contributed by atoms with E-state index < -0.39 is 5.91 Å². The summed E-state index contributed by atoms with van der Waals surface area (Å²) < 4.78 is 0. The second-order valence-electron chi connectivity index (χ2n) is 4.24. The Bertz CT molecular complexity index is 459. The molecule has 5 heteroatoms. The molecule has 0 unspecified atom stereocenters. The second kappa shape index (κ2) is 4.55. The van der Waals surface area contributed by atoms with E-state index in [4.69, 9.17) is 11.5 Å². The number of primary amides is 1. The van der Waals surface area contributed by atoms with Crippen LogP contribution in [-0.2, 0) is 0 Å². The number of carbonyl (C=O) groups excluding carboxylic acids is 2. The van der Waals surface area contributed by atoms with Crippen LogP contribution in [0.4, 0.5) is 0 Å². The second-order valence-corrected chi connectivity index (χ2v) is 4.24. The molecule has 0 saturated carbocycles. The third-order valence-electron chi connectivity index (χ3n) is 2.91. The molecular weight excluding hydrogens is 218 g/mol. The molecule has 1 aliphatic rings. The molecule has 0 aliphatic carbocycles. The van der Waals surface area contributed by atoms with Crippen molar-refractivity contribution in [2.24, 2.45) is 11.5 Å². The van der Waals surface area contributed by atoms with Gasteiger partial charge in [0.15, 0.2) is 0 Å². The number of benzene rings is 1. The number of rotatable bonds is 2. The van der Waals surface area contributed by atoms with Gasteiger partial charge in [0, 0.05) is 30.3 Å². The van der Waals surface area contributed by atoms with Crippen LogP contribution in [-0.4, -0.2) is 35.8 Å². The molecule has 1 aliphatic heterocycles. The number of nitrogens with zero attached hydrogens (tertiary/aromatic N) is 1. The van der Waals surface area contributed by atoms with Crippen molar-refractivity contribution in [1.29, 1.82) is 0 Å². The van der Waals surface area contributed by atoms with Gasteiger partial charge in [0.2, 0.25) is 5.91 Å². The van der Waals surface area contributed by atoms with Gasteiger partial charge in [0.05, 0.1) is 0 Å². The molecule has 17 heavy (non-hydrogen) atoms. The number of hydrogen-bond donors (Lipinski definition) is 2. The van der Waals surface area contributed by atoms with Crippen molar-refractivity contribution in [2.75, 3.05) is 13.1 Å². The lowest BCUT2D eigenvalue weighted by Gasteiger charge is -2.15. The van der Waals surface area contributed by atoms with Gasteiger partial charge in [0.25, 0.3) is 5.91 Å². The maximum atomic E-state index is 12.1. The average Bonchev–Trinajstić information content (AvgIpc) is 2.75. The van der Waals surface area contributed by atoms with E-state index in [1.807, 2.05) is 0 Å². The predicted molar refractivity (Wildman–Crippen MR) is 63.5 cm³/mol. The molecule has 0 spiro atoms. The summed E-state index contributed by atoms with van der Waals surface area (Å²) in [5.74, 6) is -0.626. The summed E-state index contributed by atoms with van der Waals surface area (Å²) in [4.78, 5) is 24.8. The smallest absolute Gasteiger partial charge is 0.253 e. The first-order chi connectivity index (χ1) is 8.08. The minimum absolute atomic E-state index is 0.0540. The summed E-state index contributed by atoms with van der Waals surface area (Å²) >= 11 is 0. The predicted octanol–water partition coefficient (Wildman–Crippen LogP) is -0.0413. The maximum absolute atomic E-state index is 12.1. The van der Waals surface area contributed by atoms with Crippen LogP contribution in [0.1, 0.15) is 27.1 Å². The zero-order chi connectivity index (χ0) is 12.4. The third-order valence-corrected chi connectivity index (χ3v) is 2.91. The standard InChI is InChI=1S/C12H15N3O2/c13-10-4-5-15(7-10)12(17)9-3-1-2-8(6-9)11(14)16/h1-3,6,10H,4-5,7,13H2,(H2,14,16)/t10-/m1/s1. The highest BCUT2D eigenvalue weighted by atomic mass is 16.2. The van der Waals surface area contributed by atoms with Gasteiger partial charge in [-0.05, 0) is 24.6 Å². The summed E-state index contributed by atoms with van der Waals surface area (Å²) in [6.45, 7) is 1.24. The molecule has 0 bridgehead atoms. The van der Waals surface area contributed by atoms with Crippen molar-refractivity contribution < 1.29 is 9.59 Å². The summed E-state index contributed by atoms with van der Waals surface area (Å²) in [6, 6.07) is 6.50. The molecule has 1 fully saturated rings. The lowest BCUT2D eigenvalue weighted by Crippen LogP contribution is -2.32. The summed E-state index contributed by atoms with van der Waals surface area (Å²) in [6.07, 6.45) is 0.821. The van der Waals surface area contributed by atoms with E-state index in [9.17, 15) is 9.59 Å². The molecule has 1 heterocycles. The number of carbonyl (C=O) groups is 2. The molecule has 5 nitrogen and oxygen atoms in total. The van der Waals surface area contributed by atoms with Crippen molar-refractivity contribution in [3.05, 3.63) is 35.4 Å². The van der Waals surface area contributed by atoms with Crippen molar-refractivity contribution in [2.45, 2.75) is 12.5 Å². The molecular formula is C12H15N3O2. The molecule has 0 radical (unpaired) electrons. The molecule has 90 valence electrons. The number of hydrogen-bond acceptors (Lipinski definition) is 3. The van der Waals surface area contributed by atoms with E-state index in [0.29, 0.717) is 24.2 Å². The third kappa shape index (κ3) is 2.45. The zero-order valence-electron chi connectivity index (χ0n) is 9.43. The fraction of sp³-hybridized carbons (Fsp3) is 0.333. The Morgan fingerprint density at radius 1 is 1.29 bits per heavy atom. The summed E-state index contributed by atoms with van der Waals surface area (Å²) in [5, 5.41) is 0. The van der Waals surface area contributed by atoms with Crippen LogP contribution < -0.4 is 11.5 Å². The Morgan fingerprint density at radius 3 is 2.59 bits per heavy atom. The quantitative estimate of drug-likeness (QED) is 0.751. The molecule has 1 aromatic rings. The summed E-state index contributed by atoms with van der Waals surface area (Å²) in [7, 11) is 0. The highest BCUT2D eigenvalue weighted by molar-refractivity contribution is 5.99. The van der Waals surface area contributed by atoms with Crippen molar-refractivity contribution in [3.63, 3.8) is 0 Å². The zero-order valence-corrected chi connectivity index (χ0v) is 9.43. The first-order valence-corrected chi connectivity index (χ1v) is 5.52. The van der Waals surface area contributed by atoms with E-state index >= 15 is 0 Å². The van der Waals surface area contributed by atoms with Gasteiger partial charge in [-0.3, -0.25) is 9.59 Å². The first kappa shape index (κ1) is 11.6. The molecule has 1 saturated heterocycles. The SMILES string of the molecule is NC(=O)c1cccc(C(=O)N2CC[C@@H](N)C2)c1. The van der Waals surface area contributed by atoms with Crippen LogP contribution in [0.5, 0.6) is 0 Å². The van der Waals surface area contributed by atoms with E-state index in [1.165, 1.54) is 6.07 Å². The Hall–Kier alpha value is -1.88. The Kier molecular flexibility index (Phi) is 3.10. The van der Waals surface area contributed by atoms with Crippen LogP contribution in [0.2, 0.25) is 0 Å². The van der Waals surface area contributed by atoms with Gasteiger partial charge in [-0.15, -0.1) is 0 Å². The fourth-order valence-corrected chi connectivity index (χ4v) is 1.96. The van der Waals surface area contributed by atoms with E-state index in [0.717, 1.165) is 6.42 Å². The number of likely N-dealkylation sites (tertiary alicyclic amines) is 1. The fourth-order valence-electron chi connectivity index (χ4n) is 1.96. The number of nitrogens with two attached hydrogens (primary N) is 2. The molecule has 4 N–H and O–H groups in total. The summed E-state index contributed by atoms with van der Waals surface area (Å²) in [5.41, 5.74) is 11.8. The largest absolute Gasteiger partial charge is 0.366 e. The molecule has 0 aromatic heterocycles. The van der Waals surface area contributed by atoms with Gasteiger partial charge < -0.3 is 16.4 Å². The van der Waals surface area contributed by atoms with Crippen LogP contribution >= 0.6 is 0 Å². The van der Waals surface area contributed by atoms with Crippen molar-refractivity contribution in [3.8, 4) is 0 Å². The average molecular weight is 233 g/mol. The highest BCUT2D eigenvalue weighted by Crippen LogP contribution is 2.13. The van der Waals surface area contributed by atoms with Crippen LogP contribution in [0.3, 0.4) is 0 Å². The maximum Gasteiger partial charge on any atom is 0.253 e. The van der Waals surface area contributed by atoms with Gasteiger partial charge in [-0.25, -0.2) is 0 Å². The molecule has 2 rings (SSSR count). The molecule has 1 atom stereocenters. The Morgan fingerprint density at radius 2 is 2.00 bits per heavy atom. The van der Waals surface area contributed by atoms with Crippen LogP contribution in [0.25, 0.3) is 0 Å². The molecule has 1 aromatic carbocycles. The van der Waals surface area contributed by atoms with Crippen LogP contribution in [0.15, 0.2) is 24.3 Å². The topological polar surface area (TPSA) is 89.4 Å². The highest BCUT2D eigenvalue weighted by Gasteiger charge is 2.24. The van der Waals surface area contributed by atoms with Crippen molar-refractivity contribution in [1.82, 2.24) is 4.90 Å². The van der Waals surface area contributed by atoms with E-state index in [-0.39, 0.29) is 11.9 Å². The Labute approximate surface area is 99.4 Å². The van der Waals surface area contributed by atoms with Gasteiger partial charge in [0.1, 0.15) is 0 Å². The van der Waals surface area contributed by atoms with E-state index in [2.05, 4.69) is 0 Å². The lowest BCUT2D eigenvalue weighted by atomic mass is 10.1. The minimum atomic E-state index is -0.530. The normalized spacial score (nSPS) is 19.4. The van der Waals surface area contributed by atoms with E-state index in [1.54, 1.807) is 23.1 Å². The monoisotopic (exact) mass is 233 g/mol. The first-order valence-electron chi connectivity index (χ1n) is 5.52. The van der Waals surface area contributed by atoms with Gasteiger partial charge in [-0.1, -0.05) is 6.07 Å². The van der Waals surface area contributed by atoms with Gasteiger partial charge in [-0.2, -0.15) is 0 Å². The molecule has 2 amide bonds. The lowest BCUT2D eigenvalue weighted by molar-refractivity contribution is 0.0791.